The normalized spacial score (nSPS) is 10.7. The molecule has 1 aromatic carbocycles. The second kappa shape index (κ2) is 5.45. The number of fused-ring (bicyclic) bond motifs is 1. The molecule has 0 aliphatic rings. The van der Waals surface area contributed by atoms with Crippen molar-refractivity contribution in [3.05, 3.63) is 56.7 Å². The van der Waals surface area contributed by atoms with Crippen LogP contribution >= 0.6 is 11.3 Å². The monoisotopic (exact) mass is 300 g/mol. The second-order valence-electron chi connectivity index (χ2n) is 4.51. The Bertz CT molecular complexity index is 816. The van der Waals surface area contributed by atoms with Crippen molar-refractivity contribution in [1.29, 1.82) is 0 Å². The Labute approximate surface area is 124 Å². The Kier molecular flexibility index (Phi) is 3.49. The summed E-state index contributed by atoms with van der Waals surface area (Å²) < 4.78 is 0. The molecule has 6 nitrogen and oxygen atoms in total. The van der Waals surface area contributed by atoms with Crippen LogP contribution in [0.15, 0.2) is 36.7 Å². The van der Waals surface area contributed by atoms with Crippen molar-refractivity contribution in [2.24, 2.45) is 0 Å². The molecule has 2 heterocycles. The van der Waals surface area contributed by atoms with Crippen LogP contribution in [0, 0.1) is 17.0 Å². The number of anilines is 1. The molecule has 0 spiro atoms. The summed E-state index contributed by atoms with van der Waals surface area (Å²) in [5.74, 6) is 0. The minimum Gasteiger partial charge on any atom is -0.378 e. The highest BCUT2D eigenvalue weighted by atomic mass is 32.1. The fraction of sp³-hybridized carbons (Fsp3) is 0.143. The molecule has 106 valence electrons. The van der Waals surface area contributed by atoms with Crippen LogP contribution < -0.4 is 5.32 Å². The first-order valence-corrected chi connectivity index (χ1v) is 7.14. The fourth-order valence-corrected chi connectivity index (χ4v) is 2.84. The van der Waals surface area contributed by atoms with Crippen molar-refractivity contribution in [3.8, 4) is 0 Å². The van der Waals surface area contributed by atoms with E-state index < -0.39 is 4.92 Å². The van der Waals surface area contributed by atoms with Gasteiger partial charge in [0, 0.05) is 34.4 Å². The van der Waals surface area contributed by atoms with Crippen LogP contribution in [-0.2, 0) is 6.54 Å². The lowest BCUT2D eigenvalue weighted by Gasteiger charge is -2.08. The van der Waals surface area contributed by atoms with Crippen molar-refractivity contribution < 1.29 is 4.92 Å². The predicted octanol–water partition coefficient (Wildman–Crippen LogP) is 3.52. The zero-order chi connectivity index (χ0) is 14.8. The average molecular weight is 300 g/mol. The van der Waals surface area contributed by atoms with Crippen LogP contribution in [0.2, 0.25) is 0 Å². The number of para-hydroxylation sites is 1. The van der Waals surface area contributed by atoms with E-state index in [4.69, 9.17) is 0 Å². The van der Waals surface area contributed by atoms with Gasteiger partial charge in [-0.15, -0.1) is 11.3 Å². The quantitative estimate of drug-likeness (QED) is 0.589. The summed E-state index contributed by atoms with van der Waals surface area (Å²) in [6.45, 7) is 2.59. The number of nitro benzene ring substituents is 1. The molecule has 0 bridgehead atoms. The maximum atomic E-state index is 11.0. The van der Waals surface area contributed by atoms with Crippen LogP contribution in [0.25, 0.3) is 10.9 Å². The maximum absolute atomic E-state index is 11.0. The second-order valence-corrected chi connectivity index (χ2v) is 5.83. The molecular weight excluding hydrogens is 288 g/mol. The van der Waals surface area contributed by atoms with Crippen LogP contribution in [0.3, 0.4) is 0 Å². The third kappa shape index (κ3) is 2.68. The lowest BCUT2D eigenvalue weighted by atomic mass is 10.1. The van der Waals surface area contributed by atoms with E-state index in [-0.39, 0.29) is 5.69 Å². The molecule has 21 heavy (non-hydrogen) atoms. The summed E-state index contributed by atoms with van der Waals surface area (Å²) in [5.41, 5.74) is 1.22. The van der Waals surface area contributed by atoms with Crippen molar-refractivity contribution in [2.75, 3.05) is 5.32 Å². The number of nitrogens with one attached hydrogen (secondary N) is 1. The van der Waals surface area contributed by atoms with Crippen LogP contribution in [-0.4, -0.2) is 14.9 Å². The van der Waals surface area contributed by atoms with Gasteiger partial charge in [-0.05, 0) is 13.0 Å². The van der Waals surface area contributed by atoms with Gasteiger partial charge >= 0.3 is 0 Å². The topological polar surface area (TPSA) is 81.0 Å². The highest BCUT2D eigenvalue weighted by Crippen LogP contribution is 2.28. The number of aryl methyl sites for hydroxylation is 1. The fourth-order valence-electron chi connectivity index (χ4n) is 2.12. The zero-order valence-corrected chi connectivity index (χ0v) is 12.1. The molecule has 0 radical (unpaired) electrons. The third-order valence-corrected chi connectivity index (χ3v) is 3.96. The largest absolute Gasteiger partial charge is 0.378 e. The van der Waals surface area contributed by atoms with E-state index in [0.717, 1.165) is 21.0 Å². The summed E-state index contributed by atoms with van der Waals surface area (Å²) in [4.78, 5) is 20.2. The molecule has 2 aromatic heterocycles. The van der Waals surface area contributed by atoms with E-state index in [9.17, 15) is 10.1 Å². The van der Waals surface area contributed by atoms with Gasteiger partial charge in [0.05, 0.1) is 11.5 Å². The van der Waals surface area contributed by atoms with E-state index >= 15 is 0 Å². The van der Waals surface area contributed by atoms with E-state index in [1.54, 1.807) is 23.6 Å². The lowest BCUT2D eigenvalue weighted by Crippen LogP contribution is -2.00. The Balaban J connectivity index is 1.95. The summed E-state index contributed by atoms with van der Waals surface area (Å²) in [6, 6.07) is 6.77. The van der Waals surface area contributed by atoms with Gasteiger partial charge in [0.15, 0.2) is 0 Å². The standard InChI is InChI=1S/C14H12N4O2S/c1-9-7-17-13(21-9)8-16-11-5-6-15-14-10(11)3-2-4-12(14)18(19)20/h2-7H,8H2,1H3,(H,15,16). The number of rotatable bonds is 4. The summed E-state index contributed by atoms with van der Waals surface area (Å²) in [5, 5.41) is 16.0. The average Bonchev–Trinajstić information content (AvgIpc) is 2.90. The van der Waals surface area contributed by atoms with Gasteiger partial charge in [-0.25, -0.2) is 9.97 Å². The summed E-state index contributed by atoms with van der Waals surface area (Å²) in [7, 11) is 0. The third-order valence-electron chi connectivity index (χ3n) is 3.05. The van der Waals surface area contributed by atoms with E-state index in [0.29, 0.717) is 12.1 Å². The molecule has 1 N–H and O–H groups in total. The molecule has 0 amide bonds. The molecule has 0 unspecified atom stereocenters. The highest BCUT2D eigenvalue weighted by molar-refractivity contribution is 7.11. The van der Waals surface area contributed by atoms with E-state index in [1.165, 1.54) is 6.07 Å². The van der Waals surface area contributed by atoms with Gasteiger partial charge in [-0.1, -0.05) is 12.1 Å². The van der Waals surface area contributed by atoms with Gasteiger partial charge < -0.3 is 5.32 Å². The number of pyridine rings is 1. The highest BCUT2D eigenvalue weighted by Gasteiger charge is 2.14. The van der Waals surface area contributed by atoms with Gasteiger partial charge in [0.25, 0.3) is 5.69 Å². The first kappa shape index (κ1) is 13.4. The van der Waals surface area contributed by atoms with E-state index in [1.807, 2.05) is 25.3 Å². The van der Waals surface area contributed by atoms with Crippen LogP contribution in [0.5, 0.6) is 0 Å². The Morgan fingerprint density at radius 1 is 1.33 bits per heavy atom. The number of non-ortho nitro benzene ring substituents is 1. The molecule has 0 aliphatic heterocycles. The minimum atomic E-state index is -0.413. The molecule has 0 saturated carbocycles. The van der Waals surface area contributed by atoms with E-state index in [2.05, 4.69) is 15.3 Å². The van der Waals surface area contributed by atoms with Crippen molar-refractivity contribution >= 4 is 33.6 Å². The number of thiazole rings is 1. The molecule has 0 aliphatic carbocycles. The molecule has 0 fully saturated rings. The zero-order valence-electron chi connectivity index (χ0n) is 11.2. The van der Waals surface area contributed by atoms with Crippen LogP contribution in [0.4, 0.5) is 11.4 Å². The smallest absolute Gasteiger partial charge is 0.295 e. The number of hydrogen-bond donors (Lipinski definition) is 1. The summed E-state index contributed by atoms with van der Waals surface area (Å²) >= 11 is 1.62. The van der Waals surface area contributed by atoms with Crippen molar-refractivity contribution in [1.82, 2.24) is 9.97 Å². The first-order valence-electron chi connectivity index (χ1n) is 6.32. The van der Waals surface area contributed by atoms with Gasteiger partial charge in [0.1, 0.15) is 10.5 Å². The number of nitrogens with zero attached hydrogens (tertiary/aromatic N) is 3. The molecule has 0 atom stereocenters. The molecular formula is C14H12N4O2S. The molecule has 3 aromatic rings. The first-order chi connectivity index (χ1) is 10.1. The summed E-state index contributed by atoms with van der Waals surface area (Å²) in [6.07, 6.45) is 3.40. The van der Waals surface area contributed by atoms with Crippen molar-refractivity contribution in [3.63, 3.8) is 0 Å². The molecule has 0 saturated heterocycles. The molecule has 3 rings (SSSR count). The van der Waals surface area contributed by atoms with Gasteiger partial charge in [-0.2, -0.15) is 0 Å². The Hall–Kier alpha value is -2.54. The number of aromatic nitrogens is 2. The molecule has 7 heteroatoms. The van der Waals surface area contributed by atoms with Gasteiger partial charge in [0.2, 0.25) is 0 Å². The number of hydrogen-bond acceptors (Lipinski definition) is 6. The number of nitro groups is 1. The number of benzene rings is 1. The predicted molar refractivity (Wildman–Crippen MR) is 82.6 cm³/mol. The van der Waals surface area contributed by atoms with Crippen molar-refractivity contribution in [2.45, 2.75) is 13.5 Å². The maximum Gasteiger partial charge on any atom is 0.295 e. The van der Waals surface area contributed by atoms with Crippen LogP contribution in [0.1, 0.15) is 9.88 Å². The lowest BCUT2D eigenvalue weighted by molar-refractivity contribution is -0.383. The van der Waals surface area contributed by atoms with Gasteiger partial charge in [-0.3, -0.25) is 10.1 Å². The minimum absolute atomic E-state index is 0.0150. The Morgan fingerprint density at radius 2 is 2.19 bits per heavy atom. The Morgan fingerprint density at radius 3 is 2.90 bits per heavy atom. The SMILES string of the molecule is Cc1cnc(CNc2ccnc3c([N+](=O)[O-])cccc23)s1.